The first-order chi connectivity index (χ1) is 13.4. The van der Waals surface area contributed by atoms with Crippen molar-refractivity contribution in [3.05, 3.63) is 60.6 Å². The van der Waals surface area contributed by atoms with E-state index in [4.69, 9.17) is 62.7 Å². The molecule has 0 saturated heterocycles. The molecule has 2 N–H and O–H groups in total. The molecule has 0 unspecified atom stereocenters. The quantitative estimate of drug-likeness (QED) is 0.427. The van der Waals surface area contributed by atoms with Gasteiger partial charge < -0.3 is 5.73 Å². The van der Waals surface area contributed by atoms with Gasteiger partial charge in [0, 0.05) is 11.8 Å². The van der Waals surface area contributed by atoms with E-state index >= 15 is 0 Å². The summed E-state index contributed by atoms with van der Waals surface area (Å²) < 4.78 is 40.0. The van der Waals surface area contributed by atoms with Crippen molar-refractivity contribution in [3.8, 4) is 17.8 Å². The lowest BCUT2D eigenvalue weighted by atomic mass is 10.2. The van der Waals surface area contributed by atoms with Crippen LogP contribution in [0.2, 0.25) is 20.4 Å². The Labute approximate surface area is 183 Å². The van der Waals surface area contributed by atoms with Crippen LogP contribution >= 0.6 is 46.4 Å². The number of aliphatic imine (C=N–C) groups is 1. The van der Waals surface area contributed by atoms with Gasteiger partial charge in [0.25, 0.3) is 0 Å². The fraction of sp³-hybridized carbons (Fsp3) is 0.118. The molecule has 1 heterocycles. The van der Waals surface area contributed by atoms with E-state index in [1.807, 2.05) is 0 Å². The molecule has 1 aromatic heterocycles. The van der Waals surface area contributed by atoms with Gasteiger partial charge >= 0.3 is 6.18 Å². The third kappa shape index (κ3) is 4.47. The van der Waals surface area contributed by atoms with E-state index in [1.165, 1.54) is 0 Å². The number of nitrogens with zero attached hydrogens (tertiary/aromatic N) is 4. The van der Waals surface area contributed by atoms with E-state index in [0.29, 0.717) is 17.7 Å². The van der Waals surface area contributed by atoms with Gasteiger partial charge in [0.2, 0.25) is 0 Å². The smallest absolute Gasteiger partial charge is 0.388 e. The Morgan fingerprint density at radius 1 is 1.10 bits per heavy atom. The molecule has 0 atom stereocenters. The third-order valence-electron chi connectivity index (χ3n) is 3.70. The zero-order valence-electron chi connectivity index (χ0n) is 14.2. The Balaban J connectivity index is 2.70. The highest BCUT2D eigenvalue weighted by Crippen LogP contribution is 2.42. The van der Waals surface area contributed by atoms with Crippen LogP contribution in [0.4, 0.5) is 13.2 Å². The van der Waals surface area contributed by atoms with Crippen LogP contribution in [0.5, 0.6) is 0 Å². The van der Waals surface area contributed by atoms with Crippen molar-refractivity contribution in [3.63, 3.8) is 0 Å². The summed E-state index contributed by atoms with van der Waals surface area (Å²) >= 11 is 24.7. The molecule has 150 valence electrons. The first-order valence-corrected chi connectivity index (χ1v) is 8.92. The van der Waals surface area contributed by atoms with Gasteiger partial charge in [-0.15, -0.1) is 0 Å². The molecule has 2 aromatic rings. The van der Waals surface area contributed by atoms with Crippen molar-refractivity contribution in [1.29, 1.82) is 10.5 Å². The van der Waals surface area contributed by atoms with Gasteiger partial charge in [-0.05, 0) is 24.6 Å². The van der Waals surface area contributed by atoms with Gasteiger partial charge in [-0.2, -0.15) is 23.7 Å². The van der Waals surface area contributed by atoms with Crippen LogP contribution in [-0.2, 0) is 6.18 Å². The fourth-order valence-electron chi connectivity index (χ4n) is 2.27. The molecular formula is C17H8Cl4F3N5. The van der Waals surface area contributed by atoms with Crippen molar-refractivity contribution in [2.75, 3.05) is 0 Å². The molecule has 0 aliphatic rings. The Bertz CT molecular complexity index is 1110. The minimum absolute atomic E-state index is 0.00995. The van der Waals surface area contributed by atoms with E-state index in [1.54, 1.807) is 19.1 Å². The molecule has 0 fully saturated rings. The van der Waals surface area contributed by atoms with Crippen LogP contribution in [0.25, 0.3) is 5.69 Å². The average molecular weight is 481 g/mol. The zero-order chi connectivity index (χ0) is 22.1. The molecule has 0 aliphatic heterocycles. The summed E-state index contributed by atoms with van der Waals surface area (Å²) in [6.45, 7) is 1.56. The number of hydrogen-bond donors (Lipinski definition) is 1. The van der Waals surface area contributed by atoms with E-state index in [0.717, 1.165) is 10.8 Å². The highest BCUT2D eigenvalue weighted by Gasteiger charge is 2.33. The highest BCUT2D eigenvalue weighted by molar-refractivity contribution is 6.40. The minimum atomic E-state index is -4.65. The van der Waals surface area contributed by atoms with Crippen LogP contribution in [0.1, 0.15) is 16.7 Å². The number of aromatic nitrogens is 1. The predicted octanol–water partition coefficient (Wildman–Crippen LogP) is 6.05. The first kappa shape index (κ1) is 22.9. The minimum Gasteiger partial charge on any atom is -0.388 e. The summed E-state index contributed by atoms with van der Waals surface area (Å²) in [4.78, 5) is 3.82. The van der Waals surface area contributed by atoms with Gasteiger partial charge in [-0.25, -0.2) is 4.99 Å². The molecule has 0 bridgehead atoms. The summed E-state index contributed by atoms with van der Waals surface area (Å²) in [6, 6.07) is 4.64. The van der Waals surface area contributed by atoms with Crippen molar-refractivity contribution >= 4 is 52.6 Å². The monoisotopic (exact) mass is 479 g/mol. The SMILES string of the molecule is Cc1c(/C=N/C(C#N)=C(\N)C#N)c(Cl)n(-c2c(Cl)cc(C(F)(F)F)cc2Cl)c1Cl. The highest BCUT2D eigenvalue weighted by atomic mass is 35.5. The second-order valence-electron chi connectivity index (χ2n) is 5.49. The van der Waals surface area contributed by atoms with Gasteiger partial charge in [-0.3, -0.25) is 4.57 Å². The Morgan fingerprint density at radius 2 is 1.66 bits per heavy atom. The lowest BCUT2D eigenvalue weighted by Crippen LogP contribution is -2.07. The van der Waals surface area contributed by atoms with E-state index < -0.39 is 17.4 Å². The average Bonchev–Trinajstić information content (AvgIpc) is 2.84. The summed E-state index contributed by atoms with van der Waals surface area (Å²) in [7, 11) is 0. The number of nitriles is 2. The lowest BCUT2D eigenvalue weighted by Gasteiger charge is -2.15. The summed E-state index contributed by atoms with van der Waals surface area (Å²) in [5.74, 6) is 0. The van der Waals surface area contributed by atoms with Crippen molar-refractivity contribution < 1.29 is 13.2 Å². The Morgan fingerprint density at radius 3 is 2.10 bits per heavy atom. The van der Waals surface area contributed by atoms with Crippen molar-refractivity contribution in [2.45, 2.75) is 13.1 Å². The van der Waals surface area contributed by atoms with Crippen LogP contribution < -0.4 is 5.73 Å². The normalized spacial score (nSPS) is 12.6. The Kier molecular flexibility index (Phi) is 6.77. The molecule has 29 heavy (non-hydrogen) atoms. The zero-order valence-corrected chi connectivity index (χ0v) is 17.3. The van der Waals surface area contributed by atoms with Crippen LogP contribution in [0, 0.1) is 29.6 Å². The fourth-order valence-corrected chi connectivity index (χ4v) is 3.60. The lowest BCUT2D eigenvalue weighted by molar-refractivity contribution is -0.137. The molecule has 0 radical (unpaired) electrons. The number of hydrogen-bond acceptors (Lipinski definition) is 4. The van der Waals surface area contributed by atoms with Crippen molar-refractivity contribution in [2.24, 2.45) is 10.7 Å². The first-order valence-electron chi connectivity index (χ1n) is 7.40. The molecule has 0 saturated carbocycles. The van der Waals surface area contributed by atoms with Gasteiger partial charge in [0.15, 0.2) is 5.70 Å². The third-order valence-corrected chi connectivity index (χ3v) is 5.10. The van der Waals surface area contributed by atoms with Gasteiger partial charge in [0.05, 0.1) is 21.3 Å². The molecule has 0 amide bonds. The van der Waals surface area contributed by atoms with Crippen LogP contribution in [0.3, 0.4) is 0 Å². The number of rotatable bonds is 3. The topological polar surface area (TPSA) is 90.9 Å². The van der Waals surface area contributed by atoms with Gasteiger partial charge in [-0.1, -0.05) is 46.4 Å². The maximum atomic E-state index is 13.0. The molecule has 0 spiro atoms. The Hall–Kier alpha value is -2.36. The molecule has 5 nitrogen and oxygen atoms in total. The maximum Gasteiger partial charge on any atom is 0.416 e. The number of alkyl halides is 3. The maximum absolute atomic E-state index is 13.0. The second-order valence-corrected chi connectivity index (χ2v) is 7.02. The molecule has 12 heteroatoms. The second kappa shape index (κ2) is 8.56. The van der Waals surface area contributed by atoms with E-state index in [9.17, 15) is 13.2 Å². The summed E-state index contributed by atoms with van der Waals surface area (Å²) in [6.07, 6.45) is -3.50. The van der Waals surface area contributed by atoms with Crippen LogP contribution in [0.15, 0.2) is 28.5 Å². The van der Waals surface area contributed by atoms with E-state index in [2.05, 4.69) is 4.99 Å². The summed E-state index contributed by atoms with van der Waals surface area (Å²) in [5, 5.41) is 17.0. The number of allylic oxidation sites excluding steroid dienone is 2. The standard InChI is InChI=1S/C17H8Cl4F3N5/c1-7-9(6-28-13(5-26)12(27)4-25)16(21)29(15(7)20)14-10(18)2-8(3-11(14)19)17(22,23)24/h2-3,6H,27H2,1H3/b13-12-,28-6+. The molecule has 2 rings (SSSR count). The predicted molar refractivity (Wildman–Crippen MR) is 106 cm³/mol. The number of nitrogens with two attached hydrogens (primary N) is 1. The van der Waals surface area contributed by atoms with E-state index in [-0.39, 0.29) is 37.3 Å². The molecular weight excluding hydrogens is 473 g/mol. The number of halogens is 7. The molecule has 0 aliphatic carbocycles. The van der Waals surface area contributed by atoms with Gasteiger partial charge in [0.1, 0.15) is 28.1 Å². The summed E-state index contributed by atoms with van der Waals surface area (Å²) in [5.41, 5.74) is 4.12. The largest absolute Gasteiger partial charge is 0.416 e. The number of benzene rings is 1. The van der Waals surface area contributed by atoms with Crippen LogP contribution in [-0.4, -0.2) is 10.8 Å². The van der Waals surface area contributed by atoms with Crippen molar-refractivity contribution in [1.82, 2.24) is 4.57 Å². The molecule has 1 aromatic carbocycles.